The van der Waals surface area contributed by atoms with Crippen molar-refractivity contribution in [2.24, 2.45) is 5.92 Å². The average Bonchev–Trinajstić information content (AvgIpc) is 2.52. The van der Waals surface area contributed by atoms with Crippen molar-refractivity contribution in [2.75, 3.05) is 26.2 Å². The van der Waals surface area contributed by atoms with Gasteiger partial charge in [-0.1, -0.05) is 18.5 Å². The monoisotopic (exact) mass is 420 g/mol. The predicted molar refractivity (Wildman–Crippen MR) is 93.7 cm³/mol. The second kappa shape index (κ2) is 8.90. The van der Waals surface area contributed by atoms with Gasteiger partial charge in [0, 0.05) is 13.1 Å². The van der Waals surface area contributed by atoms with Gasteiger partial charge < -0.3 is 5.32 Å². The molecule has 1 fully saturated rings. The van der Waals surface area contributed by atoms with Gasteiger partial charge in [0.25, 0.3) is 0 Å². The molecule has 0 unspecified atom stereocenters. The standard InChI is InChI=1S/C15H20ClF3N2O2S.ClH/c1-2-20-10-11-5-7-21(8-6-11)24(22,23)14-4-3-12(9-13(14)16)15(17,18)19;/h3-4,9,11,20H,2,5-8,10H2,1H3;1H. The molecule has 1 N–H and O–H groups in total. The lowest BCUT2D eigenvalue weighted by atomic mass is 9.98. The molecule has 1 aliphatic rings. The van der Waals surface area contributed by atoms with Crippen LogP contribution in [0.2, 0.25) is 5.02 Å². The van der Waals surface area contributed by atoms with Crippen LogP contribution < -0.4 is 5.32 Å². The molecule has 1 saturated heterocycles. The van der Waals surface area contributed by atoms with E-state index in [9.17, 15) is 21.6 Å². The highest BCUT2D eigenvalue weighted by Gasteiger charge is 2.34. The molecule has 25 heavy (non-hydrogen) atoms. The van der Waals surface area contributed by atoms with Crippen molar-refractivity contribution in [3.05, 3.63) is 28.8 Å². The third kappa shape index (κ3) is 5.47. The molecule has 2 rings (SSSR count). The van der Waals surface area contributed by atoms with E-state index < -0.39 is 26.8 Å². The Bertz CT molecular complexity index is 676. The van der Waals surface area contributed by atoms with Crippen LogP contribution in [0.3, 0.4) is 0 Å². The van der Waals surface area contributed by atoms with Crippen LogP contribution in [0.15, 0.2) is 23.1 Å². The van der Waals surface area contributed by atoms with Crippen molar-refractivity contribution in [2.45, 2.75) is 30.8 Å². The predicted octanol–water partition coefficient (Wildman–Crippen LogP) is 3.79. The fourth-order valence-electron chi connectivity index (χ4n) is 2.73. The molecule has 144 valence electrons. The largest absolute Gasteiger partial charge is 0.416 e. The van der Waals surface area contributed by atoms with Crippen LogP contribution in [0.1, 0.15) is 25.3 Å². The van der Waals surface area contributed by atoms with E-state index in [1.807, 2.05) is 6.92 Å². The van der Waals surface area contributed by atoms with Gasteiger partial charge in [-0.3, -0.25) is 0 Å². The molecular weight excluding hydrogens is 400 g/mol. The normalized spacial score (nSPS) is 17.3. The van der Waals surface area contributed by atoms with E-state index in [1.165, 1.54) is 4.31 Å². The summed E-state index contributed by atoms with van der Waals surface area (Å²) < 4.78 is 64.6. The summed E-state index contributed by atoms with van der Waals surface area (Å²) in [5, 5.41) is 2.83. The minimum Gasteiger partial charge on any atom is -0.317 e. The van der Waals surface area contributed by atoms with Crippen LogP contribution in [0, 0.1) is 5.92 Å². The second-order valence-electron chi connectivity index (χ2n) is 5.80. The Morgan fingerprint density at radius 2 is 1.88 bits per heavy atom. The quantitative estimate of drug-likeness (QED) is 0.787. The molecule has 10 heteroatoms. The van der Waals surface area contributed by atoms with Crippen molar-refractivity contribution in [1.82, 2.24) is 9.62 Å². The van der Waals surface area contributed by atoms with E-state index in [1.54, 1.807) is 0 Å². The van der Waals surface area contributed by atoms with Crippen LogP contribution in [-0.4, -0.2) is 38.9 Å². The molecule has 0 atom stereocenters. The lowest BCUT2D eigenvalue weighted by Gasteiger charge is -2.31. The highest BCUT2D eigenvalue weighted by molar-refractivity contribution is 7.89. The number of piperidine rings is 1. The van der Waals surface area contributed by atoms with Gasteiger partial charge in [0.05, 0.1) is 10.6 Å². The molecule has 1 aromatic carbocycles. The van der Waals surface area contributed by atoms with E-state index in [4.69, 9.17) is 11.6 Å². The van der Waals surface area contributed by atoms with E-state index in [0.717, 1.165) is 25.2 Å². The molecule has 1 heterocycles. The maximum absolute atomic E-state index is 12.7. The maximum Gasteiger partial charge on any atom is 0.416 e. The molecule has 0 saturated carbocycles. The molecule has 1 aromatic rings. The van der Waals surface area contributed by atoms with Crippen molar-refractivity contribution in [3.8, 4) is 0 Å². The van der Waals surface area contributed by atoms with Gasteiger partial charge in [0.2, 0.25) is 10.0 Å². The van der Waals surface area contributed by atoms with E-state index >= 15 is 0 Å². The van der Waals surface area contributed by atoms with Crippen LogP contribution >= 0.6 is 24.0 Å². The highest BCUT2D eigenvalue weighted by Crippen LogP contribution is 2.35. The fourth-order valence-corrected chi connectivity index (χ4v) is 4.72. The summed E-state index contributed by atoms with van der Waals surface area (Å²) in [7, 11) is -3.89. The molecule has 0 bridgehead atoms. The number of nitrogens with zero attached hydrogens (tertiary/aromatic N) is 1. The number of rotatable bonds is 5. The Morgan fingerprint density at radius 1 is 1.28 bits per heavy atom. The van der Waals surface area contributed by atoms with Gasteiger partial charge in [-0.15, -0.1) is 12.4 Å². The van der Waals surface area contributed by atoms with Gasteiger partial charge in [-0.05, 0) is 50.0 Å². The molecule has 1 aliphatic heterocycles. The Morgan fingerprint density at radius 3 is 2.36 bits per heavy atom. The molecule has 0 aliphatic carbocycles. The van der Waals surface area contributed by atoms with Crippen molar-refractivity contribution in [3.63, 3.8) is 0 Å². The zero-order valence-electron chi connectivity index (χ0n) is 13.6. The first-order valence-electron chi connectivity index (χ1n) is 7.74. The first-order chi connectivity index (χ1) is 11.2. The summed E-state index contributed by atoms with van der Waals surface area (Å²) in [6, 6.07) is 2.34. The fraction of sp³-hybridized carbons (Fsp3) is 0.600. The number of nitrogens with one attached hydrogen (secondary N) is 1. The van der Waals surface area contributed by atoms with Crippen LogP contribution in [-0.2, 0) is 16.2 Å². The van der Waals surface area contributed by atoms with Crippen molar-refractivity contribution in [1.29, 1.82) is 0 Å². The summed E-state index contributed by atoms with van der Waals surface area (Å²) >= 11 is 5.82. The minimum absolute atomic E-state index is 0. The zero-order chi connectivity index (χ0) is 18.0. The van der Waals surface area contributed by atoms with Gasteiger partial charge in [-0.2, -0.15) is 17.5 Å². The molecule has 0 amide bonds. The first-order valence-corrected chi connectivity index (χ1v) is 9.55. The van der Waals surface area contributed by atoms with Gasteiger partial charge >= 0.3 is 6.18 Å². The SMILES string of the molecule is CCNCC1CCN(S(=O)(=O)c2ccc(C(F)(F)F)cc2Cl)CC1.Cl. The average molecular weight is 421 g/mol. The molecule has 0 radical (unpaired) electrons. The maximum atomic E-state index is 12.7. The molecule has 4 nitrogen and oxygen atoms in total. The third-order valence-corrected chi connectivity index (χ3v) is 6.52. The highest BCUT2D eigenvalue weighted by atomic mass is 35.5. The summed E-state index contributed by atoms with van der Waals surface area (Å²) in [6.45, 7) is 4.39. The number of alkyl halides is 3. The number of halogens is 5. The van der Waals surface area contributed by atoms with Crippen LogP contribution in [0.25, 0.3) is 0 Å². The Kier molecular flexibility index (Phi) is 8.01. The van der Waals surface area contributed by atoms with Crippen LogP contribution in [0.4, 0.5) is 13.2 Å². The number of sulfonamides is 1. The smallest absolute Gasteiger partial charge is 0.317 e. The molecule has 0 spiro atoms. The van der Waals surface area contributed by atoms with Crippen molar-refractivity contribution < 1.29 is 21.6 Å². The summed E-state index contributed by atoms with van der Waals surface area (Å²) in [6.07, 6.45) is -3.13. The zero-order valence-corrected chi connectivity index (χ0v) is 16.0. The topological polar surface area (TPSA) is 49.4 Å². The Labute approximate surface area is 157 Å². The summed E-state index contributed by atoms with van der Waals surface area (Å²) in [5.41, 5.74) is -0.962. The summed E-state index contributed by atoms with van der Waals surface area (Å²) in [4.78, 5) is -0.276. The second-order valence-corrected chi connectivity index (χ2v) is 8.11. The molecular formula is C15H21Cl2F3N2O2S. The summed E-state index contributed by atoms with van der Waals surface area (Å²) in [5.74, 6) is 0.402. The van der Waals surface area contributed by atoms with Gasteiger partial charge in [0.1, 0.15) is 4.90 Å². The van der Waals surface area contributed by atoms with E-state index in [2.05, 4.69) is 5.32 Å². The minimum atomic E-state index is -4.56. The van der Waals surface area contributed by atoms with Gasteiger partial charge in [-0.25, -0.2) is 8.42 Å². The Hall–Kier alpha value is -0.540. The Balaban J connectivity index is 0.00000312. The third-order valence-electron chi connectivity index (χ3n) is 4.13. The first kappa shape index (κ1) is 22.5. The van der Waals surface area contributed by atoms with Gasteiger partial charge in [0.15, 0.2) is 0 Å². The lowest BCUT2D eigenvalue weighted by molar-refractivity contribution is -0.137. The molecule has 0 aromatic heterocycles. The number of hydrogen-bond donors (Lipinski definition) is 1. The van der Waals surface area contributed by atoms with E-state index in [0.29, 0.717) is 37.9 Å². The number of hydrogen-bond acceptors (Lipinski definition) is 3. The van der Waals surface area contributed by atoms with Crippen LogP contribution in [0.5, 0.6) is 0 Å². The van der Waals surface area contributed by atoms with Crippen molar-refractivity contribution >= 4 is 34.0 Å². The van der Waals surface area contributed by atoms with E-state index in [-0.39, 0.29) is 17.3 Å². The lowest BCUT2D eigenvalue weighted by Crippen LogP contribution is -2.40. The number of benzene rings is 1.